The molecule has 3 heterocycles. The normalized spacial score (nSPS) is 24.9. The zero-order chi connectivity index (χ0) is 81.7. The molecule has 19 heteroatoms. The Morgan fingerprint density at radius 1 is 0.310 bits per heavy atom. The number of aliphatic hydroxyl groups is 11. The van der Waals surface area contributed by atoms with Crippen LogP contribution in [-0.2, 0) is 33.2 Å². The molecule has 0 aliphatic carbocycles. The molecular formula is C94H177NO18. The molecule has 1 amide bonds. The Hall–Kier alpha value is -1.99. The minimum atomic E-state index is -1.98. The summed E-state index contributed by atoms with van der Waals surface area (Å²) in [6, 6.07) is -0.997. The molecule has 666 valence electrons. The lowest BCUT2D eigenvalue weighted by molar-refractivity contribution is -0.379. The Morgan fingerprint density at radius 3 is 0.885 bits per heavy atom. The molecule has 19 nitrogen and oxygen atoms in total. The van der Waals surface area contributed by atoms with E-state index in [0.29, 0.717) is 12.8 Å². The summed E-state index contributed by atoms with van der Waals surface area (Å²) in [5, 5.41) is 121. The number of allylic oxidation sites excluding steroid dienone is 5. The zero-order valence-electron chi connectivity index (χ0n) is 72.1. The first-order valence-corrected chi connectivity index (χ1v) is 47.7. The van der Waals surface area contributed by atoms with Gasteiger partial charge in [-0.1, -0.05) is 410 Å². The summed E-state index contributed by atoms with van der Waals surface area (Å²) in [6.45, 7) is 1.79. The molecule has 3 saturated heterocycles. The van der Waals surface area contributed by atoms with Gasteiger partial charge in [-0.05, 0) is 44.9 Å². The van der Waals surface area contributed by atoms with Gasteiger partial charge in [0, 0.05) is 6.42 Å². The average molecular weight is 1610 g/mol. The summed E-state index contributed by atoms with van der Waals surface area (Å²) in [4.78, 5) is 13.5. The highest BCUT2D eigenvalue weighted by Gasteiger charge is 2.54. The summed E-state index contributed by atoms with van der Waals surface area (Å²) < 4.78 is 34.5. The topological polar surface area (TPSA) is 307 Å². The maximum Gasteiger partial charge on any atom is 0.220 e. The fourth-order valence-corrected chi connectivity index (χ4v) is 16.4. The van der Waals surface area contributed by atoms with Crippen LogP contribution in [0.25, 0.3) is 0 Å². The Balaban J connectivity index is 1.30. The predicted octanol–water partition coefficient (Wildman–Crippen LogP) is 19.0. The number of ether oxygens (including phenoxy) is 6. The van der Waals surface area contributed by atoms with Crippen molar-refractivity contribution in [2.24, 2.45) is 0 Å². The van der Waals surface area contributed by atoms with Gasteiger partial charge in [0.2, 0.25) is 5.91 Å². The van der Waals surface area contributed by atoms with Crippen LogP contribution in [0, 0.1) is 0 Å². The van der Waals surface area contributed by atoms with Crippen molar-refractivity contribution >= 4 is 5.91 Å². The van der Waals surface area contributed by atoms with E-state index in [0.717, 1.165) is 44.9 Å². The van der Waals surface area contributed by atoms with E-state index in [4.69, 9.17) is 28.4 Å². The summed E-state index contributed by atoms with van der Waals surface area (Å²) in [7, 11) is 0. The Kier molecular flexibility index (Phi) is 68.8. The summed E-state index contributed by atoms with van der Waals surface area (Å²) in [5.74, 6) is -0.280. The van der Waals surface area contributed by atoms with Crippen LogP contribution in [0.3, 0.4) is 0 Å². The van der Waals surface area contributed by atoms with E-state index in [1.54, 1.807) is 6.08 Å². The highest BCUT2D eigenvalue weighted by Crippen LogP contribution is 2.34. The van der Waals surface area contributed by atoms with Gasteiger partial charge in [0.25, 0.3) is 0 Å². The molecule has 0 spiro atoms. The molecule has 12 N–H and O–H groups in total. The van der Waals surface area contributed by atoms with Crippen LogP contribution in [0.5, 0.6) is 0 Å². The van der Waals surface area contributed by atoms with Crippen molar-refractivity contribution in [2.45, 2.75) is 529 Å². The van der Waals surface area contributed by atoms with Crippen LogP contribution < -0.4 is 5.32 Å². The van der Waals surface area contributed by atoms with Gasteiger partial charge in [-0.2, -0.15) is 0 Å². The Morgan fingerprint density at radius 2 is 0.566 bits per heavy atom. The molecule has 0 aromatic rings. The molecule has 0 bridgehead atoms. The van der Waals surface area contributed by atoms with E-state index < -0.39 is 124 Å². The highest BCUT2D eigenvalue weighted by atomic mass is 16.8. The fraction of sp³-hybridized carbons (Fsp3) is 0.926. The van der Waals surface area contributed by atoms with Crippen molar-refractivity contribution in [3.05, 3.63) is 36.5 Å². The quantitative estimate of drug-likeness (QED) is 0.0199. The first-order valence-electron chi connectivity index (χ1n) is 47.7. The van der Waals surface area contributed by atoms with Gasteiger partial charge >= 0.3 is 0 Å². The molecule has 17 unspecified atom stereocenters. The minimum absolute atomic E-state index is 0.237. The van der Waals surface area contributed by atoms with E-state index in [1.807, 2.05) is 6.08 Å². The van der Waals surface area contributed by atoms with Gasteiger partial charge in [-0.25, -0.2) is 0 Å². The third-order valence-electron chi connectivity index (χ3n) is 23.9. The van der Waals surface area contributed by atoms with Crippen LogP contribution in [0.15, 0.2) is 36.5 Å². The number of nitrogens with one attached hydrogen (secondary N) is 1. The molecule has 3 aliphatic rings. The second kappa shape index (κ2) is 73.9. The number of amides is 1. The van der Waals surface area contributed by atoms with Crippen molar-refractivity contribution in [3.8, 4) is 0 Å². The van der Waals surface area contributed by atoms with Crippen molar-refractivity contribution in [1.29, 1.82) is 0 Å². The van der Waals surface area contributed by atoms with Gasteiger partial charge in [-0.3, -0.25) is 4.79 Å². The van der Waals surface area contributed by atoms with Crippen molar-refractivity contribution in [2.75, 3.05) is 26.4 Å². The number of unbranched alkanes of at least 4 members (excludes halogenated alkanes) is 59. The summed E-state index contributed by atoms with van der Waals surface area (Å²) in [6.07, 6.45) is 69.1. The van der Waals surface area contributed by atoms with Crippen LogP contribution in [-0.4, -0.2) is 193 Å². The molecule has 3 fully saturated rings. The van der Waals surface area contributed by atoms with E-state index in [9.17, 15) is 61.0 Å². The van der Waals surface area contributed by atoms with Gasteiger partial charge in [-0.15, -0.1) is 0 Å². The number of hydrogen-bond acceptors (Lipinski definition) is 18. The smallest absolute Gasteiger partial charge is 0.220 e. The number of carbonyl (C=O) groups is 1. The van der Waals surface area contributed by atoms with Gasteiger partial charge in [0.15, 0.2) is 18.9 Å². The SMILES string of the molecule is CCCCCCCCCCCCCCCCCCCC/C=C/CC/C=C/CC/C=C/C(O)C(COC1OC(CO)C(OC2OC(CO)C(OC3OC(CO)C(O)C(O)C3O)C(O)C2O)C(O)C1O)NC(=O)CCCCCCCCCCCCCCCCCCCCCCCCCCCCCCCCCCCCCCCCCC. The second-order valence-corrected chi connectivity index (χ2v) is 34.2. The number of carbonyl (C=O) groups excluding carboxylic acids is 1. The molecule has 0 radical (unpaired) electrons. The third-order valence-corrected chi connectivity index (χ3v) is 23.9. The second-order valence-electron chi connectivity index (χ2n) is 34.2. The molecule has 0 aromatic carbocycles. The first-order chi connectivity index (χ1) is 55.3. The van der Waals surface area contributed by atoms with Crippen LogP contribution in [0.1, 0.15) is 425 Å². The number of rotatable bonds is 79. The molecular weight excluding hydrogens is 1430 g/mol. The third kappa shape index (κ3) is 52.1. The van der Waals surface area contributed by atoms with Gasteiger partial charge < -0.3 is 89.9 Å². The highest BCUT2D eigenvalue weighted by molar-refractivity contribution is 5.76. The van der Waals surface area contributed by atoms with Crippen LogP contribution in [0.4, 0.5) is 0 Å². The zero-order valence-corrected chi connectivity index (χ0v) is 72.1. The molecule has 3 rings (SSSR count). The van der Waals surface area contributed by atoms with Crippen molar-refractivity contribution in [1.82, 2.24) is 5.32 Å². The molecule has 113 heavy (non-hydrogen) atoms. The Labute approximate surface area is 689 Å². The molecule has 0 saturated carbocycles. The monoisotopic (exact) mass is 1610 g/mol. The lowest BCUT2D eigenvalue weighted by Crippen LogP contribution is -2.66. The number of hydrogen-bond donors (Lipinski definition) is 12. The maximum absolute atomic E-state index is 13.5. The fourth-order valence-electron chi connectivity index (χ4n) is 16.4. The minimum Gasteiger partial charge on any atom is -0.394 e. The summed E-state index contributed by atoms with van der Waals surface area (Å²) in [5.41, 5.74) is 0. The van der Waals surface area contributed by atoms with E-state index in [1.165, 1.54) is 347 Å². The van der Waals surface area contributed by atoms with E-state index in [2.05, 4.69) is 43.5 Å². The predicted molar refractivity (Wildman–Crippen MR) is 457 cm³/mol. The Bertz CT molecular complexity index is 2170. The molecule has 17 atom stereocenters. The van der Waals surface area contributed by atoms with Crippen molar-refractivity contribution in [3.63, 3.8) is 0 Å². The van der Waals surface area contributed by atoms with Crippen LogP contribution >= 0.6 is 0 Å². The number of aliphatic hydroxyl groups excluding tert-OH is 11. The molecule has 3 aliphatic heterocycles. The first kappa shape index (κ1) is 105. The van der Waals surface area contributed by atoms with Gasteiger partial charge in [0.05, 0.1) is 38.6 Å². The van der Waals surface area contributed by atoms with Gasteiger partial charge in [0.1, 0.15) is 73.2 Å². The summed E-state index contributed by atoms with van der Waals surface area (Å²) >= 11 is 0. The average Bonchev–Trinajstić information content (AvgIpc) is 0.778. The largest absolute Gasteiger partial charge is 0.394 e. The van der Waals surface area contributed by atoms with Crippen LogP contribution in [0.2, 0.25) is 0 Å². The standard InChI is InChI=1S/C94H177NO18/c1-3-5-7-9-11-13-15-17-19-21-23-25-27-29-31-33-34-35-36-37-38-39-40-41-42-43-44-46-48-50-52-54-56-58-60-62-64-66-68-70-72-82(100)95-77(78(99)71-69-67-65-63-61-59-57-55-53-51-49-47-45-32-30-28-26-24-22-20-18-16-14-12-10-8-6-4-2)76-108-92-88(106)85(103)90(80(74-97)110-92)113-94-89(107)86(104)91(81(75-98)111-94)112-93-87(105)84(102)83(101)79(73-96)109-93/h53,55,61,63,69,71,77-81,83-94,96-99,101-107H,3-52,54,56-60,62,64-68,70,72-76H2,1-2H3,(H,95,100)/b55-53+,63-61+,71-69+. The lowest BCUT2D eigenvalue weighted by atomic mass is 9.96. The maximum atomic E-state index is 13.5. The van der Waals surface area contributed by atoms with E-state index >= 15 is 0 Å². The van der Waals surface area contributed by atoms with E-state index in [-0.39, 0.29) is 18.9 Å². The van der Waals surface area contributed by atoms with Crippen molar-refractivity contribution < 1.29 is 89.4 Å². The lowest BCUT2D eigenvalue weighted by Gasteiger charge is -2.48. The molecule has 0 aromatic heterocycles.